The maximum Gasteiger partial charge on any atom is 0.226 e. The summed E-state index contributed by atoms with van der Waals surface area (Å²) in [5.41, 5.74) is 2.78. The Balaban J connectivity index is 1.25. The number of benzene rings is 1. The SMILES string of the molecule is C=C/N=c1/cc(Oc2ccc(Nc3ncnc4cnc(N5CCC56COC6)nc34)cc2Cl)ccn1C. The number of pyridine rings is 1. The molecule has 5 heterocycles. The van der Waals surface area contributed by atoms with Crippen LogP contribution in [-0.2, 0) is 11.8 Å². The fraction of sp³-hybridized carbons (Fsp3) is 0.240. The highest BCUT2D eigenvalue weighted by Gasteiger charge is 2.52. The monoisotopic (exact) mass is 502 g/mol. The molecule has 10 nitrogen and oxygen atoms in total. The van der Waals surface area contributed by atoms with E-state index in [4.69, 9.17) is 26.1 Å². The van der Waals surface area contributed by atoms with E-state index in [0.717, 1.165) is 18.7 Å². The third-order valence-corrected chi connectivity index (χ3v) is 6.76. The average Bonchev–Trinajstić information content (AvgIpc) is 2.82. The van der Waals surface area contributed by atoms with E-state index in [1.807, 2.05) is 36.0 Å². The van der Waals surface area contributed by atoms with Gasteiger partial charge >= 0.3 is 0 Å². The Morgan fingerprint density at radius 2 is 2.11 bits per heavy atom. The third kappa shape index (κ3) is 3.94. The first-order valence-corrected chi connectivity index (χ1v) is 11.8. The molecule has 0 amide bonds. The summed E-state index contributed by atoms with van der Waals surface area (Å²) in [5.74, 6) is 2.36. The summed E-state index contributed by atoms with van der Waals surface area (Å²) in [7, 11) is 1.90. The Kier molecular flexibility index (Phi) is 5.54. The Bertz CT molecular complexity index is 1540. The van der Waals surface area contributed by atoms with E-state index in [1.165, 1.54) is 12.5 Å². The van der Waals surface area contributed by atoms with Crippen LogP contribution in [0.15, 0.2) is 66.8 Å². The molecule has 0 saturated carbocycles. The van der Waals surface area contributed by atoms with Gasteiger partial charge in [0.2, 0.25) is 5.95 Å². The number of fused-ring (bicyclic) bond motifs is 1. The predicted octanol–water partition coefficient (Wildman–Crippen LogP) is 3.97. The van der Waals surface area contributed by atoms with Gasteiger partial charge in [0, 0.05) is 37.7 Å². The van der Waals surface area contributed by atoms with Gasteiger partial charge in [-0.15, -0.1) is 0 Å². The van der Waals surface area contributed by atoms with Crippen molar-refractivity contribution >= 4 is 40.1 Å². The van der Waals surface area contributed by atoms with E-state index in [2.05, 4.69) is 36.7 Å². The number of nitrogens with one attached hydrogen (secondary N) is 1. The second-order valence-electron chi connectivity index (χ2n) is 8.76. The van der Waals surface area contributed by atoms with E-state index in [1.54, 1.807) is 18.3 Å². The fourth-order valence-corrected chi connectivity index (χ4v) is 4.52. The maximum atomic E-state index is 6.56. The van der Waals surface area contributed by atoms with Crippen LogP contribution in [0, 0.1) is 0 Å². The Morgan fingerprint density at radius 3 is 2.83 bits per heavy atom. The lowest BCUT2D eigenvalue weighted by atomic mass is 9.83. The number of hydrogen-bond donors (Lipinski definition) is 1. The van der Waals surface area contributed by atoms with Crippen molar-refractivity contribution in [2.75, 3.05) is 30.0 Å². The van der Waals surface area contributed by atoms with E-state index < -0.39 is 0 Å². The van der Waals surface area contributed by atoms with E-state index in [9.17, 15) is 0 Å². The molecule has 0 radical (unpaired) electrons. The third-order valence-electron chi connectivity index (χ3n) is 6.46. The Labute approximate surface area is 211 Å². The lowest BCUT2D eigenvalue weighted by Gasteiger charge is -2.57. The number of hydrogen-bond acceptors (Lipinski definition) is 9. The molecule has 3 aromatic heterocycles. The van der Waals surface area contributed by atoms with Gasteiger partial charge in [-0.05, 0) is 30.7 Å². The molecule has 1 N–H and O–H groups in total. The van der Waals surface area contributed by atoms with Crippen molar-refractivity contribution in [3.05, 3.63) is 72.3 Å². The lowest BCUT2D eigenvalue weighted by Crippen LogP contribution is -2.71. The average molecular weight is 503 g/mol. The minimum absolute atomic E-state index is 0.0386. The molecule has 0 atom stereocenters. The second-order valence-corrected chi connectivity index (χ2v) is 9.17. The zero-order valence-corrected chi connectivity index (χ0v) is 20.3. The van der Waals surface area contributed by atoms with Crippen LogP contribution >= 0.6 is 11.6 Å². The second kappa shape index (κ2) is 8.89. The molecule has 6 rings (SSSR count). The molecule has 0 unspecified atom stereocenters. The Morgan fingerprint density at radius 1 is 1.22 bits per heavy atom. The highest BCUT2D eigenvalue weighted by Crippen LogP contribution is 2.40. The number of halogens is 1. The summed E-state index contributed by atoms with van der Waals surface area (Å²) in [6, 6.07) is 9.10. The summed E-state index contributed by atoms with van der Waals surface area (Å²) < 4.78 is 13.3. The molecule has 182 valence electrons. The molecule has 2 aliphatic rings. The van der Waals surface area contributed by atoms with Crippen molar-refractivity contribution < 1.29 is 9.47 Å². The summed E-state index contributed by atoms with van der Waals surface area (Å²) in [4.78, 5) is 24.5. The molecule has 1 aromatic carbocycles. The minimum atomic E-state index is 0.0386. The van der Waals surface area contributed by atoms with Crippen LogP contribution in [0.1, 0.15) is 6.42 Å². The van der Waals surface area contributed by atoms with Crippen LogP contribution < -0.4 is 20.4 Å². The van der Waals surface area contributed by atoms with Crippen molar-refractivity contribution in [1.82, 2.24) is 24.5 Å². The van der Waals surface area contributed by atoms with Crippen LogP contribution in [0.2, 0.25) is 5.02 Å². The van der Waals surface area contributed by atoms with E-state index in [0.29, 0.717) is 58.0 Å². The minimum Gasteiger partial charge on any atom is -0.456 e. The van der Waals surface area contributed by atoms with Crippen LogP contribution in [-0.4, -0.2) is 49.8 Å². The first-order chi connectivity index (χ1) is 17.5. The predicted molar refractivity (Wildman–Crippen MR) is 137 cm³/mol. The smallest absolute Gasteiger partial charge is 0.226 e. The molecule has 1 spiro atoms. The molecule has 0 bridgehead atoms. The van der Waals surface area contributed by atoms with Crippen LogP contribution in [0.5, 0.6) is 11.5 Å². The van der Waals surface area contributed by atoms with Gasteiger partial charge in [-0.25, -0.2) is 24.9 Å². The first kappa shape index (κ1) is 22.4. The summed E-state index contributed by atoms with van der Waals surface area (Å²) in [6.07, 6.45) is 7.65. The molecule has 11 heteroatoms. The molecular formula is C25H23ClN8O2. The van der Waals surface area contributed by atoms with Gasteiger partial charge in [0.1, 0.15) is 34.3 Å². The molecule has 0 aliphatic carbocycles. The van der Waals surface area contributed by atoms with Crippen LogP contribution in [0.4, 0.5) is 17.5 Å². The van der Waals surface area contributed by atoms with Crippen molar-refractivity contribution in [3.8, 4) is 11.5 Å². The molecule has 2 fully saturated rings. The molecular weight excluding hydrogens is 480 g/mol. The van der Waals surface area contributed by atoms with Gasteiger partial charge in [0.15, 0.2) is 5.82 Å². The van der Waals surface area contributed by atoms with E-state index >= 15 is 0 Å². The molecule has 36 heavy (non-hydrogen) atoms. The van der Waals surface area contributed by atoms with Gasteiger partial charge < -0.3 is 24.3 Å². The largest absolute Gasteiger partial charge is 0.456 e. The number of aromatic nitrogens is 5. The quantitative estimate of drug-likeness (QED) is 0.422. The fourth-order valence-electron chi connectivity index (χ4n) is 4.31. The standard InChI is InChI=1S/C25H23ClN8O2/c1-3-27-21-11-17(6-8-33(21)2)36-20-5-4-16(10-18(20)26)31-23-22-19(29-15-30-23)12-28-24(32-22)34-9-7-25(34)13-35-14-25/h3-6,8,10-12,15H,1,7,9,13-14H2,2H3,(H,29,30,31)/b27-21-. The topological polar surface area (TPSA) is 103 Å². The number of nitrogens with zero attached hydrogens (tertiary/aromatic N) is 7. The number of ether oxygens (including phenoxy) is 2. The van der Waals surface area contributed by atoms with Gasteiger partial charge in [-0.2, -0.15) is 0 Å². The highest BCUT2D eigenvalue weighted by atomic mass is 35.5. The lowest BCUT2D eigenvalue weighted by molar-refractivity contribution is -0.0855. The zero-order valence-electron chi connectivity index (χ0n) is 19.6. The van der Waals surface area contributed by atoms with E-state index in [-0.39, 0.29) is 5.54 Å². The molecule has 2 aliphatic heterocycles. The van der Waals surface area contributed by atoms with Gasteiger partial charge in [-0.3, -0.25) is 0 Å². The normalized spacial score (nSPS) is 16.5. The highest BCUT2D eigenvalue weighted by molar-refractivity contribution is 6.32. The summed E-state index contributed by atoms with van der Waals surface area (Å²) in [6.45, 7) is 5.98. The molecule has 2 saturated heterocycles. The summed E-state index contributed by atoms with van der Waals surface area (Å²) in [5, 5.41) is 3.75. The number of rotatable bonds is 6. The van der Waals surface area contributed by atoms with Crippen LogP contribution in [0.3, 0.4) is 0 Å². The van der Waals surface area contributed by atoms with Crippen molar-refractivity contribution in [2.45, 2.75) is 12.0 Å². The maximum absolute atomic E-state index is 6.56. The Hall–Kier alpha value is -4.02. The van der Waals surface area contributed by atoms with Gasteiger partial charge in [0.25, 0.3) is 0 Å². The van der Waals surface area contributed by atoms with Gasteiger partial charge in [-0.1, -0.05) is 18.2 Å². The molecule has 4 aromatic rings. The van der Waals surface area contributed by atoms with Gasteiger partial charge in [0.05, 0.1) is 30.0 Å². The summed E-state index contributed by atoms with van der Waals surface area (Å²) >= 11 is 6.56. The van der Waals surface area contributed by atoms with Crippen LogP contribution in [0.25, 0.3) is 11.0 Å². The number of anilines is 3. The first-order valence-electron chi connectivity index (χ1n) is 11.4. The van der Waals surface area contributed by atoms with Crippen molar-refractivity contribution in [1.29, 1.82) is 0 Å². The zero-order chi connectivity index (χ0) is 24.7. The van der Waals surface area contributed by atoms with Crippen molar-refractivity contribution in [3.63, 3.8) is 0 Å². The number of aryl methyl sites for hydroxylation is 1. The van der Waals surface area contributed by atoms with Crippen molar-refractivity contribution in [2.24, 2.45) is 12.0 Å².